The standard InChI is InChI=1S/C22H26N4O/c1-17-14-25(15-18-5-3-7-20(13-18)27-2)11-12-26(17)16-19-6-4-8-21-22(19)24-10-9-23-21/h3-10,13,17H,11-12,14-16H2,1-2H3/t17-/m0/s1. The van der Waals surface area contributed by atoms with Gasteiger partial charge in [-0.3, -0.25) is 19.8 Å². The van der Waals surface area contributed by atoms with Gasteiger partial charge in [-0.2, -0.15) is 0 Å². The minimum Gasteiger partial charge on any atom is -0.497 e. The maximum absolute atomic E-state index is 5.35. The molecule has 1 aliphatic heterocycles. The van der Waals surface area contributed by atoms with E-state index in [4.69, 9.17) is 4.74 Å². The van der Waals surface area contributed by atoms with Crippen LogP contribution in [0.1, 0.15) is 18.1 Å². The summed E-state index contributed by atoms with van der Waals surface area (Å²) in [6.45, 7) is 7.39. The van der Waals surface area contributed by atoms with Crippen LogP contribution in [0.25, 0.3) is 11.0 Å². The highest BCUT2D eigenvalue weighted by Crippen LogP contribution is 2.21. The molecule has 2 aromatic carbocycles. The van der Waals surface area contributed by atoms with Crippen molar-refractivity contribution in [3.63, 3.8) is 0 Å². The van der Waals surface area contributed by atoms with Gasteiger partial charge in [-0.15, -0.1) is 0 Å². The van der Waals surface area contributed by atoms with Gasteiger partial charge in [0.25, 0.3) is 0 Å². The number of benzene rings is 2. The second kappa shape index (κ2) is 8.03. The predicted molar refractivity (Wildman–Crippen MR) is 108 cm³/mol. The molecule has 140 valence electrons. The number of para-hydroxylation sites is 1. The van der Waals surface area contributed by atoms with E-state index in [0.29, 0.717) is 6.04 Å². The zero-order chi connectivity index (χ0) is 18.6. The topological polar surface area (TPSA) is 41.5 Å². The van der Waals surface area contributed by atoms with Gasteiger partial charge in [0.05, 0.1) is 18.1 Å². The molecule has 0 unspecified atom stereocenters. The van der Waals surface area contributed by atoms with Gasteiger partial charge in [-0.25, -0.2) is 0 Å². The molecule has 0 radical (unpaired) electrons. The first-order chi connectivity index (χ1) is 13.2. The molecular formula is C22H26N4O. The number of rotatable bonds is 5. The Balaban J connectivity index is 1.41. The number of hydrogen-bond donors (Lipinski definition) is 0. The average molecular weight is 362 g/mol. The van der Waals surface area contributed by atoms with Crippen molar-refractivity contribution in [3.8, 4) is 5.75 Å². The fraction of sp³-hybridized carbons (Fsp3) is 0.364. The molecule has 1 aliphatic rings. The number of ether oxygens (including phenoxy) is 1. The molecule has 0 aliphatic carbocycles. The van der Waals surface area contributed by atoms with Crippen LogP contribution in [-0.2, 0) is 13.1 Å². The van der Waals surface area contributed by atoms with Crippen LogP contribution >= 0.6 is 0 Å². The maximum Gasteiger partial charge on any atom is 0.119 e. The Morgan fingerprint density at radius 3 is 2.74 bits per heavy atom. The first-order valence-corrected chi connectivity index (χ1v) is 9.51. The lowest BCUT2D eigenvalue weighted by molar-refractivity contribution is 0.0735. The molecular weight excluding hydrogens is 336 g/mol. The first kappa shape index (κ1) is 17.9. The minimum absolute atomic E-state index is 0.497. The molecule has 0 bridgehead atoms. The molecule has 1 atom stereocenters. The molecule has 0 saturated carbocycles. The lowest BCUT2D eigenvalue weighted by atomic mass is 10.1. The lowest BCUT2D eigenvalue weighted by Crippen LogP contribution is -2.50. The van der Waals surface area contributed by atoms with Crippen molar-refractivity contribution in [2.75, 3.05) is 26.7 Å². The third-order valence-electron chi connectivity index (χ3n) is 5.35. The summed E-state index contributed by atoms with van der Waals surface area (Å²) in [5.74, 6) is 0.927. The number of methoxy groups -OCH3 is 1. The Hall–Kier alpha value is -2.50. The summed E-state index contributed by atoms with van der Waals surface area (Å²) in [5, 5.41) is 0. The van der Waals surface area contributed by atoms with Crippen molar-refractivity contribution in [1.82, 2.24) is 19.8 Å². The summed E-state index contributed by atoms with van der Waals surface area (Å²) < 4.78 is 5.35. The van der Waals surface area contributed by atoms with Gasteiger partial charge in [0.2, 0.25) is 0 Å². The van der Waals surface area contributed by atoms with Crippen molar-refractivity contribution in [1.29, 1.82) is 0 Å². The third-order valence-corrected chi connectivity index (χ3v) is 5.35. The highest BCUT2D eigenvalue weighted by atomic mass is 16.5. The zero-order valence-electron chi connectivity index (χ0n) is 16.0. The molecule has 2 heterocycles. The van der Waals surface area contributed by atoms with Crippen molar-refractivity contribution < 1.29 is 4.74 Å². The molecule has 0 amide bonds. The summed E-state index contributed by atoms with van der Waals surface area (Å²) >= 11 is 0. The normalized spacial score (nSPS) is 18.7. The molecule has 1 saturated heterocycles. The van der Waals surface area contributed by atoms with E-state index < -0.39 is 0 Å². The van der Waals surface area contributed by atoms with Crippen LogP contribution < -0.4 is 4.74 Å². The predicted octanol–water partition coefficient (Wildman–Crippen LogP) is 3.34. The molecule has 1 fully saturated rings. The number of hydrogen-bond acceptors (Lipinski definition) is 5. The minimum atomic E-state index is 0.497. The summed E-state index contributed by atoms with van der Waals surface area (Å²) in [6, 6.07) is 15.1. The van der Waals surface area contributed by atoms with Crippen LogP contribution in [0.2, 0.25) is 0 Å². The Kier molecular flexibility index (Phi) is 5.32. The summed E-state index contributed by atoms with van der Waals surface area (Å²) in [4.78, 5) is 14.0. The van der Waals surface area contributed by atoms with E-state index in [1.54, 1.807) is 19.5 Å². The average Bonchev–Trinajstić information content (AvgIpc) is 2.70. The Morgan fingerprint density at radius 1 is 1.04 bits per heavy atom. The molecule has 5 nitrogen and oxygen atoms in total. The van der Waals surface area contributed by atoms with Crippen molar-refractivity contribution >= 4 is 11.0 Å². The van der Waals surface area contributed by atoms with Crippen molar-refractivity contribution in [2.24, 2.45) is 0 Å². The second-order valence-corrected chi connectivity index (χ2v) is 7.25. The van der Waals surface area contributed by atoms with Gasteiger partial charge < -0.3 is 4.74 Å². The van der Waals surface area contributed by atoms with E-state index in [2.05, 4.69) is 57.0 Å². The smallest absolute Gasteiger partial charge is 0.119 e. The lowest BCUT2D eigenvalue weighted by Gasteiger charge is -2.40. The number of fused-ring (bicyclic) bond motifs is 1. The van der Waals surface area contributed by atoms with Crippen LogP contribution in [-0.4, -0.2) is 52.6 Å². The highest BCUT2D eigenvalue weighted by molar-refractivity contribution is 5.77. The van der Waals surface area contributed by atoms with Crippen LogP contribution in [0.15, 0.2) is 54.9 Å². The van der Waals surface area contributed by atoms with Gasteiger partial charge in [0.1, 0.15) is 5.75 Å². The molecule has 27 heavy (non-hydrogen) atoms. The SMILES string of the molecule is COc1cccc(CN2CCN(Cc3cccc4nccnc34)[C@@H](C)C2)c1. The van der Waals surface area contributed by atoms with E-state index in [-0.39, 0.29) is 0 Å². The van der Waals surface area contributed by atoms with E-state index in [9.17, 15) is 0 Å². The zero-order valence-corrected chi connectivity index (χ0v) is 16.0. The first-order valence-electron chi connectivity index (χ1n) is 9.51. The largest absolute Gasteiger partial charge is 0.497 e. The monoisotopic (exact) mass is 362 g/mol. The Labute approximate surface area is 160 Å². The number of piperazine rings is 1. The van der Waals surface area contributed by atoms with Gasteiger partial charge in [-0.1, -0.05) is 24.3 Å². The highest BCUT2D eigenvalue weighted by Gasteiger charge is 2.24. The molecule has 5 heteroatoms. The quantitative estimate of drug-likeness (QED) is 0.696. The third kappa shape index (κ3) is 4.10. The Bertz CT molecular complexity index is 908. The van der Waals surface area contributed by atoms with Crippen LogP contribution in [0.5, 0.6) is 5.75 Å². The van der Waals surface area contributed by atoms with Gasteiger partial charge >= 0.3 is 0 Å². The van der Waals surface area contributed by atoms with Crippen molar-refractivity contribution in [3.05, 3.63) is 66.0 Å². The summed E-state index contributed by atoms with van der Waals surface area (Å²) in [5.41, 5.74) is 4.55. The summed E-state index contributed by atoms with van der Waals surface area (Å²) in [6.07, 6.45) is 3.54. The maximum atomic E-state index is 5.35. The van der Waals surface area contributed by atoms with E-state index in [1.165, 1.54) is 11.1 Å². The van der Waals surface area contributed by atoms with E-state index in [1.807, 2.05) is 12.1 Å². The molecule has 0 spiro atoms. The molecule has 1 aromatic heterocycles. The number of nitrogens with zero attached hydrogens (tertiary/aromatic N) is 4. The van der Waals surface area contributed by atoms with Crippen molar-refractivity contribution in [2.45, 2.75) is 26.1 Å². The fourth-order valence-corrected chi connectivity index (χ4v) is 3.88. The molecule has 4 rings (SSSR count). The summed E-state index contributed by atoms with van der Waals surface area (Å²) in [7, 11) is 1.72. The van der Waals surface area contributed by atoms with Crippen LogP contribution in [0.4, 0.5) is 0 Å². The van der Waals surface area contributed by atoms with E-state index in [0.717, 1.165) is 49.5 Å². The number of aromatic nitrogens is 2. The van der Waals surface area contributed by atoms with Crippen LogP contribution in [0, 0.1) is 0 Å². The molecule has 3 aromatic rings. The van der Waals surface area contributed by atoms with Gasteiger partial charge in [-0.05, 0) is 36.2 Å². The Morgan fingerprint density at radius 2 is 1.89 bits per heavy atom. The fourth-order valence-electron chi connectivity index (χ4n) is 3.88. The second-order valence-electron chi connectivity index (χ2n) is 7.25. The molecule has 0 N–H and O–H groups in total. The van der Waals surface area contributed by atoms with Gasteiger partial charge in [0.15, 0.2) is 0 Å². The van der Waals surface area contributed by atoms with Crippen LogP contribution in [0.3, 0.4) is 0 Å². The van der Waals surface area contributed by atoms with Gasteiger partial charge in [0, 0.05) is 51.2 Å². The van der Waals surface area contributed by atoms with E-state index >= 15 is 0 Å².